The van der Waals surface area contributed by atoms with Crippen LogP contribution < -0.4 is 5.32 Å². The Labute approximate surface area is 208 Å². The molecule has 2 aromatic rings. The summed E-state index contributed by atoms with van der Waals surface area (Å²) in [5.41, 5.74) is 1.73. The highest BCUT2D eigenvalue weighted by Crippen LogP contribution is 2.36. The van der Waals surface area contributed by atoms with Crippen molar-refractivity contribution >= 4 is 11.9 Å². The quantitative estimate of drug-likeness (QED) is 0.394. The van der Waals surface area contributed by atoms with Crippen LogP contribution in [0.15, 0.2) is 60.7 Å². The molecule has 1 aliphatic heterocycles. The first-order valence-corrected chi connectivity index (χ1v) is 13.1. The van der Waals surface area contributed by atoms with E-state index in [1.165, 1.54) is 0 Å². The standard InChI is InChI=1S/C29H38N2O4/c1-3-4-18-25(26(32)27-31(35-27)22(2)24-16-10-6-11-17-24)30-28(33)34-29(19-12-7-13-20-29)21-23-14-8-5-9-15-23/h5-6,8-11,14-17,22,25,27H,3-4,7,12-13,18-21H2,1-2H3,(H,30,33)/t22-,25+,27?,31?/m1/s1. The van der Waals surface area contributed by atoms with E-state index in [0.29, 0.717) is 12.8 Å². The van der Waals surface area contributed by atoms with E-state index in [2.05, 4.69) is 24.4 Å². The van der Waals surface area contributed by atoms with E-state index in [9.17, 15) is 9.59 Å². The van der Waals surface area contributed by atoms with E-state index in [1.54, 1.807) is 5.06 Å². The summed E-state index contributed by atoms with van der Waals surface area (Å²) >= 11 is 0. The molecule has 2 unspecified atom stereocenters. The Kier molecular flexibility index (Phi) is 8.58. The van der Waals surface area contributed by atoms with Crippen LogP contribution in [-0.2, 0) is 20.8 Å². The third-order valence-electron chi connectivity index (χ3n) is 7.24. The fourth-order valence-corrected chi connectivity index (χ4v) is 5.15. The molecule has 1 saturated carbocycles. The second-order valence-electron chi connectivity index (χ2n) is 9.94. The van der Waals surface area contributed by atoms with Crippen molar-refractivity contribution in [2.75, 3.05) is 0 Å². The molecular weight excluding hydrogens is 440 g/mol. The lowest BCUT2D eigenvalue weighted by Crippen LogP contribution is -2.48. The van der Waals surface area contributed by atoms with E-state index in [0.717, 1.165) is 56.1 Å². The number of unbranched alkanes of at least 4 members (excludes halogenated alkanes) is 1. The van der Waals surface area contributed by atoms with Gasteiger partial charge < -0.3 is 10.1 Å². The Balaban J connectivity index is 1.40. The number of ether oxygens (including phenoxy) is 1. The Morgan fingerprint density at radius 3 is 2.37 bits per heavy atom. The number of hydrogen-bond donors (Lipinski definition) is 1. The fraction of sp³-hybridized carbons (Fsp3) is 0.517. The lowest BCUT2D eigenvalue weighted by Gasteiger charge is -2.37. The highest BCUT2D eigenvalue weighted by molar-refractivity contribution is 5.91. The average molecular weight is 479 g/mol. The molecule has 4 atom stereocenters. The van der Waals surface area contributed by atoms with Gasteiger partial charge in [-0.05, 0) is 50.2 Å². The van der Waals surface area contributed by atoms with Gasteiger partial charge in [0.05, 0.1) is 12.1 Å². The molecule has 1 aliphatic carbocycles. The second kappa shape index (κ2) is 11.8. The van der Waals surface area contributed by atoms with Gasteiger partial charge in [0, 0.05) is 6.42 Å². The zero-order chi connectivity index (χ0) is 24.7. The summed E-state index contributed by atoms with van der Waals surface area (Å²) in [4.78, 5) is 32.1. The van der Waals surface area contributed by atoms with Crippen LogP contribution in [0.4, 0.5) is 4.79 Å². The summed E-state index contributed by atoms with van der Waals surface area (Å²) in [5.74, 6) is -0.112. The van der Waals surface area contributed by atoms with Gasteiger partial charge in [-0.25, -0.2) is 4.79 Å². The number of benzene rings is 2. The van der Waals surface area contributed by atoms with Crippen LogP contribution in [0.25, 0.3) is 0 Å². The minimum Gasteiger partial charge on any atom is -0.443 e. The van der Waals surface area contributed by atoms with Gasteiger partial charge in [0.2, 0.25) is 12.0 Å². The van der Waals surface area contributed by atoms with Crippen molar-refractivity contribution in [2.24, 2.45) is 0 Å². The predicted octanol–water partition coefficient (Wildman–Crippen LogP) is 6.12. The van der Waals surface area contributed by atoms with Gasteiger partial charge >= 0.3 is 6.09 Å². The minimum absolute atomic E-state index is 0.0414. The van der Waals surface area contributed by atoms with Gasteiger partial charge in [-0.2, -0.15) is 0 Å². The molecule has 1 saturated heterocycles. The second-order valence-corrected chi connectivity index (χ2v) is 9.94. The number of nitrogens with zero attached hydrogens (tertiary/aromatic N) is 1. The highest BCUT2D eigenvalue weighted by atomic mass is 16.8. The summed E-state index contributed by atoms with van der Waals surface area (Å²) < 4.78 is 6.13. The lowest BCUT2D eigenvalue weighted by atomic mass is 9.80. The summed E-state index contributed by atoms with van der Waals surface area (Å²) in [5, 5.41) is 4.62. The fourth-order valence-electron chi connectivity index (χ4n) is 5.15. The number of nitrogens with one attached hydrogen (secondary N) is 1. The average Bonchev–Trinajstić information content (AvgIpc) is 3.68. The number of rotatable bonds is 11. The molecule has 0 aromatic heterocycles. The first kappa shape index (κ1) is 25.4. The molecule has 6 nitrogen and oxygen atoms in total. The molecule has 2 aliphatic rings. The van der Waals surface area contributed by atoms with Gasteiger partial charge in [-0.1, -0.05) is 86.8 Å². The SMILES string of the molecule is CCCC[C@H](NC(=O)OC1(Cc2ccccc2)CCCCC1)C(=O)C1ON1[C@H](C)c1ccccc1. The van der Waals surface area contributed by atoms with Crippen molar-refractivity contribution in [3.8, 4) is 0 Å². The van der Waals surface area contributed by atoms with Crippen molar-refractivity contribution in [2.45, 2.75) is 95.5 Å². The summed E-state index contributed by atoms with van der Waals surface area (Å²) in [6, 6.07) is 19.5. The number of hydroxylamine groups is 2. The summed E-state index contributed by atoms with van der Waals surface area (Å²) in [7, 11) is 0. The summed E-state index contributed by atoms with van der Waals surface area (Å²) in [6.45, 7) is 4.09. The minimum atomic E-state index is -0.639. The van der Waals surface area contributed by atoms with E-state index in [-0.39, 0.29) is 11.8 Å². The van der Waals surface area contributed by atoms with E-state index >= 15 is 0 Å². The zero-order valence-corrected chi connectivity index (χ0v) is 20.9. The monoisotopic (exact) mass is 478 g/mol. The van der Waals surface area contributed by atoms with E-state index < -0.39 is 24.0 Å². The van der Waals surface area contributed by atoms with Crippen LogP contribution in [0.2, 0.25) is 0 Å². The largest absolute Gasteiger partial charge is 0.443 e. The van der Waals surface area contributed by atoms with Crippen molar-refractivity contribution in [3.05, 3.63) is 71.8 Å². The van der Waals surface area contributed by atoms with Gasteiger partial charge in [0.25, 0.3) is 0 Å². The van der Waals surface area contributed by atoms with Crippen molar-refractivity contribution in [1.29, 1.82) is 0 Å². The highest BCUT2D eigenvalue weighted by Gasteiger charge is 2.49. The number of ketones is 1. The first-order chi connectivity index (χ1) is 17.0. The maximum absolute atomic E-state index is 13.3. The first-order valence-electron chi connectivity index (χ1n) is 13.1. The molecule has 0 radical (unpaired) electrons. The topological polar surface area (TPSA) is 70.9 Å². The Morgan fingerprint density at radius 1 is 1.06 bits per heavy atom. The molecule has 6 heteroatoms. The molecule has 1 amide bonds. The number of carbonyl (C=O) groups excluding carboxylic acids is 2. The van der Waals surface area contributed by atoms with Gasteiger partial charge in [-0.15, -0.1) is 5.06 Å². The predicted molar refractivity (Wildman–Crippen MR) is 135 cm³/mol. The van der Waals surface area contributed by atoms with Crippen molar-refractivity contribution in [1.82, 2.24) is 10.4 Å². The molecule has 2 aromatic carbocycles. The van der Waals surface area contributed by atoms with E-state index in [4.69, 9.17) is 9.57 Å². The molecule has 0 bridgehead atoms. The Bertz CT molecular complexity index is 959. The molecule has 4 rings (SSSR count). The van der Waals surface area contributed by atoms with Gasteiger partial charge in [-0.3, -0.25) is 9.63 Å². The number of amides is 1. The summed E-state index contributed by atoms with van der Waals surface area (Å²) in [6.07, 6.45) is 6.84. The molecule has 0 spiro atoms. The number of hydrogen-bond acceptors (Lipinski definition) is 5. The maximum atomic E-state index is 13.3. The van der Waals surface area contributed by atoms with E-state index in [1.807, 2.05) is 55.5 Å². The van der Waals surface area contributed by atoms with Crippen molar-refractivity contribution < 1.29 is 19.2 Å². The van der Waals surface area contributed by atoms with Crippen LogP contribution in [0, 0.1) is 0 Å². The van der Waals surface area contributed by atoms with Crippen LogP contribution in [0.3, 0.4) is 0 Å². The van der Waals surface area contributed by atoms with Crippen molar-refractivity contribution in [3.63, 3.8) is 0 Å². The molecule has 1 N–H and O–H groups in total. The zero-order valence-electron chi connectivity index (χ0n) is 20.9. The lowest BCUT2D eigenvalue weighted by molar-refractivity contribution is -0.122. The van der Waals surface area contributed by atoms with Crippen LogP contribution in [0.1, 0.15) is 82.4 Å². The molecule has 1 heterocycles. The van der Waals surface area contributed by atoms with Crippen LogP contribution in [0.5, 0.6) is 0 Å². The van der Waals surface area contributed by atoms with Gasteiger partial charge in [0.15, 0.2) is 0 Å². The van der Waals surface area contributed by atoms with Crippen LogP contribution >= 0.6 is 0 Å². The number of Topliss-reactive ketones (excluding diaryl/α,β-unsaturated/α-hetero) is 1. The Hall–Kier alpha value is -2.70. The number of carbonyl (C=O) groups is 2. The molecule has 2 fully saturated rings. The smallest absolute Gasteiger partial charge is 0.408 e. The maximum Gasteiger partial charge on any atom is 0.408 e. The Morgan fingerprint density at radius 2 is 1.71 bits per heavy atom. The third kappa shape index (κ3) is 6.71. The third-order valence-corrected chi connectivity index (χ3v) is 7.24. The molecular formula is C29H38N2O4. The molecule has 188 valence electrons. The van der Waals surface area contributed by atoms with Gasteiger partial charge in [0.1, 0.15) is 5.60 Å². The molecule has 35 heavy (non-hydrogen) atoms. The normalized spacial score (nSPS) is 22.6. The number of alkyl carbamates (subject to hydrolysis) is 1. The van der Waals surface area contributed by atoms with Crippen LogP contribution in [-0.4, -0.2) is 34.8 Å².